The number of benzene rings is 2. The summed E-state index contributed by atoms with van der Waals surface area (Å²) in [5.41, 5.74) is 4.50. The van der Waals surface area contributed by atoms with Gasteiger partial charge in [0.15, 0.2) is 0 Å². The molecule has 2 heterocycles. The van der Waals surface area contributed by atoms with Crippen LogP contribution in [0.15, 0.2) is 53.8 Å². The molecule has 0 atom stereocenters. The first-order valence-corrected chi connectivity index (χ1v) is 11.3. The van der Waals surface area contributed by atoms with Crippen LogP contribution in [-0.2, 0) is 11.3 Å². The molecule has 0 bridgehead atoms. The second-order valence-corrected chi connectivity index (χ2v) is 8.71. The number of aromatic nitrogens is 1. The van der Waals surface area contributed by atoms with Crippen molar-refractivity contribution in [3.63, 3.8) is 0 Å². The van der Waals surface area contributed by atoms with E-state index in [1.165, 1.54) is 18.2 Å². The molecule has 3 aromatic rings. The summed E-state index contributed by atoms with van der Waals surface area (Å²) in [4.78, 5) is 26.8. The van der Waals surface area contributed by atoms with E-state index in [0.717, 1.165) is 41.1 Å². The van der Waals surface area contributed by atoms with Crippen LogP contribution in [-0.4, -0.2) is 57.2 Å². The molecule has 1 aromatic heterocycles. The quantitative estimate of drug-likeness (QED) is 0.455. The largest absolute Gasteiger partial charge is 0.506 e. The lowest BCUT2D eigenvalue weighted by Gasteiger charge is -2.26. The van der Waals surface area contributed by atoms with Crippen LogP contribution < -0.4 is 5.43 Å². The normalized spacial score (nSPS) is 14.3. The Kier molecular flexibility index (Phi) is 6.48. The van der Waals surface area contributed by atoms with Gasteiger partial charge in [0.2, 0.25) is 5.91 Å². The summed E-state index contributed by atoms with van der Waals surface area (Å²) >= 11 is 7.72. The Bertz CT molecular complexity index is 1150. The second-order valence-electron chi connectivity index (χ2n) is 7.08. The number of hydrogen-bond donors (Lipinski definition) is 2. The second kappa shape index (κ2) is 9.45. The maximum atomic E-state index is 12.6. The third-order valence-electron chi connectivity index (χ3n) is 5.10. The molecular formula is C22H21ClN4O3S. The molecule has 1 aliphatic rings. The van der Waals surface area contributed by atoms with Crippen molar-refractivity contribution in [3.05, 3.63) is 64.8 Å². The summed E-state index contributed by atoms with van der Waals surface area (Å²) in [5, 5.41) is 14.5. The first-order valence-electron chi connectivity index (χ1n) is 9.78. The fourth-order valence-corrected chi connectivity index (χ4v) is 4.51. The van der Waals surface area contributed by atoms with Crippen LogP contribution in [0.4, 0.5) is 0 Å². The Balaban J connectivity index is 1.46. The molecule has 0 unspecified atom stereocenters. The van der Waals surface area contributed by atoms with Gasteiger partial charge in [-0.25, -0.2) is 5.43 Å². The molecule has 1 aliphatic heterocycles. The van der Waals surface area contributed by atoms with Crippen molar-refractivity contribution in [3.8, 4) is 5.75 Å². The molecule has 0 spiro atoms. The lowest BCUT2D eigenvalue weighted by molar-refractivity contribution is -0.131. The Hall–Kier alpha value is -2.97. The van der Waals surface area contributed by atoms with Crippen molar-refractivity contribution in [2.75, 3.05) is 24.6 Å². The molecule has 1 fully saturated rings. The summed E-state index contributed by atoms with van der Waals surface area (Å²) < 4.78 is 1.94. The van der Waals surface area contributed by atoms with Gasteiger partial charge in [-0.3, -0.25) is 9.59 Å². The van der Waals surface area contributed by atoms with Crippen LogP contribution in [0.1, 0.15) is 15.9 Å². The number of thioether (sulfide) groups is 1. The van der Waals surface area contributed by atoms with Gasteiger partial charge in [-0.2, -0.15) is 16.9 Å². The van der Waals surface area contributed by atoms with Crippen LogP contribution in [0.25, 0.3) is 10.9 Å². The summed E-state index contributed by atoms with van der Waals surface area (Å²) in [7, 11) is 0. The Labute approximate surface area is 188 Å². The Morgan fingerprint density at radius 3 is 2.77 bits per heavy atom. The topological polar surface area (TPSA) is 86.9 Å². The van der Waals surface area contributed by atoms with Crippen molar-refractivity contribution < 1.29 is 14.7 Å². The smallest absolute Gasteiger partial charge is 0.271 e. The molecule has 160 valence electrons. The van der Waals surface area contributed by atoms with Crippen LogP contribution in [0, 0.1) is 0 Å². The fourth-order valence-electron chi connectivity index (χ4n) is 3.43. The maximum Gasteiger partial charge on any atom is 0.271 e. The van der Waals surface area contributed by atoms with E-state index in [1.54, 1.807) is 6.21 Å². The van der Waals surface area contributed by atoms with Crippen LogP contribution in [0.5, 0.6) is 5.75 Å². The lowest BCUT2D eigenvalue weighted by atomic mass is 10.1. The molecule has 0 aliphatic carbocycles. The number of nitrogens with zero attached hydrogens (tertiary/aromatic N) is 3. The number of hydrazone groups is 1. The molecule has 0 radical (unpaired) electrons. The summed E-state index contributed by atoms with van der Waals surface area (Å²) in [6.45, 7) is 1.90. The van der Waals surface area contributed by atoms with Gasteiger partial charge in [0.1, 0.15) is 12.3 Å². The predicted molar refractivity (Wildman–Crippen MR) is 124 cm³/mol. The number of hydrogen-bond acceptors (Lipinski definition) is 5. The molecular weight excluding hydrogens is 436 g/mol. The number of fused-ring (bicyclic) bond motifs is 1. The predicted octanol–water partition coefficient (Wildman–Crippen LogP) is 3.34. The summed E-state index contributed by atoms with van der Waals surface area (Å²) in [5.74, 6) is 1.57. The molecule has 2 aromatic carbocycles. The van der Waals surface area contributed by atoms with Gasteiger partial charge in [-0.15, -0.1) is 0 Å². The fraction of sp³-hybridized carbons (Fsp3) is 0.227. The zero-order valence-electron chi connectivity index (χ0n) is 16.6. The Morgan fingerprint density at radius 2 is 2.00 bits per heavy atom. The van der Waals surface area contributed by atoms with E-state index in [-0.39, 0.29) is 16.7 Å². The highest BCUT2D eigenvalue weighted by Crippen LogP contribution is 2.23. The molecule has 0 saturated carbocycles. The third kappa shape index (κ3) is 4.86. The first kappa shape index (κ1) is 21.3. The van der Waals surface area contributed by atoms with Gasteiger partial charge < -0.3 is 14.6 Å². The lowest BCUT2D eigenvalue weighted by Crippen LogP contribution is -2.39. The zero-order chi connectivity index (χ0) is 21.8. The van der Waals surface area contributed by atoms with Crippen LogP contribution in [0.2, 0.25) is 5.02 Å². The van der Waals surface area contributed by atoms with Gasteiger partial charge in [0, 0.05) is 52.8 Å². The highest BCUT2D eigenvalue weighted by molar-refractivity contribution is 7.99. The number of phenols is 1. The Morgan fingerprint density at radius 1 is 1.19 bits per heavy atom. The number of carbonyl (C=O) groups excluding carboxylic acids is 2. The van der Waals surface area contributed by atoms with E-state index in [1.807, 2.05) is 51.7 Å². The molecule has 9 heteroatoms. The standard InChI is InChI=1S/C22H21ClN4O3S/c23-18-12-15(4-5-20(18)28)22(30)25-24-13-16-2-1-3-19-17(16)6-7-27(19)14-21(29)26-8-10-31-11-9-26/h1-7,12-13,28H,8-11,14H2,(H,25,30)/b24-13+. The minimum atomic E-state index is -0.437. The zero-order valence-corrected chi connectivity index (χ0v) is 18.2. The molecule has 7 nitrogen and oxygen atoms in total. The average Bonchev–Trinajstić information content (AvgIpc) is 3.19. The van der Waals surface area contributed by atoms with Gasteiger partial charge >= 0.3 is 0 Å². The summed E-state index contributed by atoms with van der Waals surface area (Å²) in [6, 6.07) is 11.9. The maximum absolute atomic E-state index is 12.6. The van der Waals surface area contributed by atoms with Crippen molar-refractivity contribution in [1.82, 2.24) is 14.9 Å². The molecule has 4 rings (SSSR count). The molecule has 31 heavy (non-hydrogen) atoms. The van der Waals surface area contributed by atoms with Gasteiger partial charge in [0.25, 0.3) is 5.91 Å². The molecule has 1 saturated heterocycles. The van der Waals surface area contributed by atoms with E-state index in [2.05, 4.69) is 10.5 Å². The number of phenolic OH excluding ortho intramolecular Hbond substituents is 1. The van der Waals surface area contributed by atoms with E-state index in [9.17, 15) is 14.7 Å². The van der Waals surface area contributed by atoms with Crippen LogP contribution >= 0.6 is 23.4 Å². The van der Waals surface area contributed by atoms with Crippen LogP contribution in [0.3, 0.4) is 0 Å². The minimum absolute atomic E-state index is 0.0874. The van der Waals surface area contributed by atoms with E-state index in [4.69, 9.17) is 11.6 Å². The number of aromatic hydroxyl groups is 1. The summed E-state index contributed by atoms with van der Waals surface area (Å²) in [6.07, 6.45) is 3.46. The van der Waals surface area contributed by atoms with Gasteiger partial charge in [-0.1, -0.05) is 23.7 Å². The number of rotatable bonds is 5. The first-order chi connectivity index (χ1) is 15.0. The van der Waals surface area contributed by atoms with E-state index >= 15 is 0 Å². The van der Waals surface area contributed by atoms with E-state index < -0.39 is 5.91 Å². The highest BCUT2D eigenvalue weighted by atomic mass is 35.5. The third-order valence-corrected chi connectivity index (χ3v) is 6.34. The SMILES string of the molecule is O=C(N/N=C/c1cccc2c1ccn2CC(=O)N1CCSCC1)c1ccc(O)c(Cl)c1. The highest BCUT2D eigenvalue weighted by Gasteiger charge is 2.17. The van der Waals surface area contributed by atoms with Crippen molar-refractivity contribution in [2.45, 2.75) is 6.54 Å². The number of nitrogens with one attached hydrogen (secondary N) is 1. The number of halogens is 1. The average molecular weight is 457 g/mol. The number of carbonyl (C=O) groups is 2. The van der Waals surface area contributed by atoms with Crippen molar-refractivity contribution in [2.24, 2.45) is 5.10 Å². The van der Waals surface area contributed by atoms with E-state index in [0.29, 0.717) is 12.1 Å². The molecule has 2 N–H and O–H groups in total. The van der Waals surface area contributed by atoms with Crippen molar-refractivity contribution in [1.29, 1.82) is 0 Å². The monoisotopic (exact) mass is 456 g/mol. The van der Waals surface area contributed by atoms with Gasteiger partial charge in [-0.05, 0) is 30.3 Å². The van der Waals surface area contributed by atoms with Gasteiger partial charge in [0.05, 0.1) is 11.2 Å². The minimum Gasteiger partial charge on any atom is -0.506 e. The number of amides is 2. The van der Waals surface area contributed by atoms with Crippen molar-refractivity contribution >= 4 is 52.3 Å². The molecule has 2 amide bonds.